The van der Waals surface area contributed by atoms with Crippen molar-refractivity contribution in [3.8, 4) is 17.7 Å². The zero-order chi connectivity index (χ0) is 22.8. The summed E-state index contributed by atoms with van der Waals surface area (Å²) in [5.74, 6) is -0.422. The van der Waals surface area contributed by atoms with Gasteiger partial charge in [0.05, 0.1) is 19.9 Å². The molecular weight excluding hydrogens is 468 g/mol. The number of sulfonamides is 1. The number of nitrogens with zero attached hydrogens (tertiary/aromatic N) is 3. The fourth-order valence-electron chi connectivity index (χ4n) is 2.55. The molecule has 0 saturated heterocycles. The molecule has 162 valence electrons. The zero-order valence-corrected chi connectivity index (χ0v) is 18.8. The average Bonchev–Trinajstić information content (AvgIpc) is 3.37. The van der Waals surface area contributed by atoms with E-state index in [9.17, 15) is 18.5 Å². The Kier molecular flexibility index (Phi) is 6.40. The van der Waals surface area contributed by atoms with Gasteiger partial charge >= 0.3 is 0 Å². The summed E-state index contributed by atoms with van der Waals surface area (Å²) in [4.78, 5) is 13.3. The Balaban J connectivity index is 1.97. The quantitative estimate of drug-likeness (QED) is 0.398. The summed E-state index contributed by atoms with van der Waals surface area (Å²) in [6.07, 6.45) is 1.77. The average molecular weight is 483 g/mol. The molecule has 0 saturated carbocycles. The van der Waals surface area contributed by atoms with Crippen LogP contribution in [0, 0.1) is 18.4 Å². The molecule has 0 aliphatic heterocycles. The number of hydrogen-bond acceptors (Lipinski definition) is 9. The Hall–Kier alpha value is -3.27. The molecule has 3 rings (SSSR count). The molecule has 0 spiro atoms. The number of amides is 1. The van der Waals surface area contributed by atoms with E-state index in [1.807, 2.05) is 0 Å². The highest BCUT2D eigenvalue weighted by atomic mass is 35.5. The second-order valence-corrected chi connectivity index (χ2v) is 8.86. The zero-order valence-electron chi connectivity index (χ0n) is 16.4. The number of hydrogen-bond donors (Lipinski definition) is 1. The normalized spacial score (nSPS) is 10.9. The van der Waals surface area contributed by atoms with Crippen molar-refractivity contribution in [1.82, 2.24) is 5.16 Å². The van der Waals surface area contributed by atoms with Crippen LogP contribution in [0.2, 0.25) is 5.02 Å². The van der Waals surface area contributed by atoms with Crippen molar-refractivity contribution in [1.29, 1.82) is 5.26 Å². The van der Waals surface area contributed by atoms with Crippen LogP contribution in [-0.4, -0.2) is 33.7 Å². The number of carbonyl (C=O) groups excluding carboxylic acids is 1. The van der Waals surface area contributed by atoms with Crippen LogP contribution < -0.4 is 19.1 Å². The molecule has 2 heterocycles. The van der Waals surface area contributed by atoms with Gasteiger partial charge in [-0.1, -0.05) is 16.8 Å². The molecule has 10 nitrogen and oxygen atoms in total. The maximum atomic E-state index is 13.1. The van der Waals surface area contributed by atoms with E-state index in [4.69, 9.17) is 25.6 Å². The van der Waals surface area contributed by atoms with Crippen LogP contribution in [0.4, 0.5) is 11.6 Å². The largest absolute Gasteiger partial charge is 0.493 e. The molecule has 13 heteroatoms. The van der Waals surface area contributed by atoms with Gasteiger partial charge in [-0.25, -0.2) is 18.0 Å². The van der Waals surface area contributed by atoms with Crippen molar-refractivity contribution in [3.05, 3.63) is 45.2 Å². The predicted molar refractivity (Wildman–Crippen MR) is 113 cm³/mol. The lowest BCUT2D eigenvalue weighted by Crippen LogP contribution is -2.27. The van der Waals surface area contributed by atoms with E-state index in [0.717, 1.165) is 16.2 Å². The van der Waals surface area contributed by atoms with Crippen LogP contribution >= 0.6 is 22.9 Å². The summed E-state index contributed by atoms with van der Waals surface area (Å²) >= 11 is 6.83. The molecule has 1 aromatic carbocycles. The van der Waals surface area contributed by atoms with Crippen LogP contribution in [0.3, 0.4) is 0 Å². The molecule has 0 radical (unpaired) electrons. The summed E-state index contributed by atoms with van der Waals surface area (Å²) in [6, 6.07) is 5.66. The van der Waals surface area contributed by atoms with E-state index in [1.54, 1.807) is 6.19 Å². The van der Waals surface area contributed by atoms with E-state index in [1.165, 1.54) is 50.8 Å². The molecule has 0 bridgehead atoms. The van der Waals surface area contributed by atoms with Gasteiger partial charge in [-0.05, 0) is 30.5 Å². The summed E-state index contributed by atoms with van der Waals surface area (Å²) in [5.41, 5.74) is 0.467. The van der Waals surface area contributed by atoms with Crippen LogP contribution in [0.1, 0.15) is 15.4 Å². The van der Waals surface area contributed by atoms with Gasteiger partial charge in [0.2, 0.25) is 0 Å². The molecule has 31 heavy (non-hydrogen) atoms. The second-order valence-electron chi connectivity index (χ2n) is 5.91. The number of aromatic nitrogens is 1. The number of thiophene rings is 1. The lowest BCUT2D eigenvalue weighted by atomic mass is 10.2. The highest BCUT2D eigenvalue weighted by molar-refractivity contribution is 7.93. The Bertz CT molecular complexity index is 1280. The molecule has 0 unspecified atom stereocenters. The van der Waals surface area contributed by atoms with E-state index in [-0.39, 0.29) is 26.4 Å². The Morgan fingerprint density at radius 1 is 1.29 bits per heavy atom. The van der Waals surface area contributed by atoms with Gasteiger partial charge in [0.25, 0.3) is 21.8 Å². The first-order valence-electron chi connectivity index (χ1n) is 8.41. The summed E-state index contributed by atoms with van der Waals surface area (Å²) in [7, 11) is -1.41. The van der Waals surface area contributed by atoms with Crippen molar-refractivity contribution in [3.63, 3.8) is 0 Å². The summed E-state index contributed by atoms with van der Waals surface area (Å²) in [6.45, 7) is 1.54. The van der Waals surface area contributed by atoms with Gasteiger partial charge in [-0.2, -0.15) is 5.26 Å². The molecule has 3 aromatic rings. The van der Waals surface area contributed by atoms with Crippen molar-refractivity contribution in [2.24, 2.45) is 0 Å². The molecule has 1 amide bonds. The topological polar surface area (TPSA) is 135 Å². The molecule has 0 aliphatic rings. The second kappa shape index (κ2) is 8.84. The lowest BCUT2D eigenvalue weighted by Gasteiger charge is -2.16. The van der Waals surface area contributed by atoms with Gasteiger partial charge in [0, 0.05) is 6.07 Å². The number of aryl methyl sites for hydroxylation is 1. The first-order valence-corrected chi connectivity index (χ1v) is 11.2. The molecule has 1 N–H and O–H groups in total. The fraction of sp³-hybridized carbons (Fsp3) is 0.167. The van der Waals surface area contributed by atoms with Gasteiger partial charge in [0.15, 0.2) is 17.7 Å². The number of halogens is 1. The minimum Gasteiger partial charge on any atom is -0.493 e. The predicted octanol–water partition coefficient (Wildman–Crippen LogP) is 3.64. The van der Waals surface area contributed by atoms with Gasteiger partial charge in [-0.15, -0.1) is 11.3 Å². The first kappa shape index (κ1) is 22.4. The van der Waals surface area contributed by atoms with Crippen LogP contribution in [0.15, 0.2) is 39.1 Å². The van der Waals surface area contributed by atoms with Crippen LogP contribution in [0.25, 0.3) is 0 Å². The summed E-state index contributed by atoms with van der Waals surface area (Å²) < 4.78 is 43.1. The highest BCUT2D eigenvalue weighted by Crippen LogP contribution is 2.34. The number of nitriles is 1. The van der Waals surface area contributed by atoms with Gasteiger partial charge in [0.1, 0.15) is 20.5 Å². The monoisotopic (exact) mass is 482 g/mol. The third-order valence-electron chi connectivity index (χ3n) is 4.06. The number of carbonyl (C=O) groups is 1. The number of methoxy groups -OCH3 is 2. The molecular formula is C18H15ClN4O6S2. The van der Waals surface area contributed by atoms with Crippen molar-refractivity contribution in [2.45, 2.75) is 11.8 Å². The first-order chi connectivity index (χ1) is 14.7. The van der Waals surface area contributed by atoms with Gasteiger partial charge in [-0.3, -0.25) is 4.79 Å². The minimum absolute atomic E-state index is 0.00402. The van der Waals surface area contributed by atoms with Crippen molar-refractivity contribution in [2.75, 3.05) is 23.8 Å². The number of benzene rings is 1. The Morgan fingerprint density at radius 3 is 2.58 bits per heavy atom. The van der Waals surface area contributed by atoms with Gasteiger partial charge < -0.3 is 14.0 Å². The van der Waals surface area contributed by atoms with E-state index < -0.39 is 15.9 Å². The Morgan fingerprint density at radius 2 is 2.00 bits per heavy atom. The standard InChI is InChI=1S/C18H15ClN4O6S2/c1-10-15(19)17(29-21-10)22-31(25,26)14-6-7-30-16(14)18(24)23(9-20)11-4-5-12(27-2)13(8-11)28-3/h4-8,22H,1-3H3. The minimum atomic E-state index is -4.26. The van der Waals surface area contributed by atoms with E-state index in [2.05, 4.69) is 9.88 Å². The molecule has 2 aromatic heterocycles. The Labute approximate surface area is 186 Å². The van der Waals surface area contributed by atoms with Crippen LogP contribution in [-0.2, 0) is 10.0 Å². The number of anilines is 2. The lowest BCUT2D eigenvalue weighted by molar-refractivity contribution is 0.100. The molecule has 0 fully saturated rings. The van der Waals surface area contributed by atoms with E-state index >= 15 is 0 Å². The van der Waals surface area contributed by atoms with Crippen molar-refractivity contribution < 1.29 is 27.2 Å². The van der Waals surface area contributed by atoms with E-state index in [0.29, 0.717) is 17.2 Å². The fourth-order valence-corrected chi connectivity index (χ4v) is 5.07. The third-order valence-corrected chi connectivity index (χ3v) is 6.91. The maximum absolute atomic E-state index is 13.1. The number of nitrogens with one attached hydrogen (secondary N) is 1. The highest BCUT2D eigenvalue weighted by Gasteiger charge is 2.30. The smallest absolute Gasteiger partial charge is 0.283 e. The van der Waals surface area contributed by atoms with Crippen LogP contribution in [0.5, 0.6) is 11.5 Å². The van der Waals surface area contributed by atoms with Crippen molar-refractivity contribution >= 4 is 50.4 Å². The maximum Gasteiger partial charge on any atom is 0.283 e. The number of rotatable bonds is 7. The summed E-state index contributed by atoms with van der Waals surface area (Å²) in [5, 5.41) is 14.6. The number of ether oxygens (including phenoxy) is 2. The molecule has 0 aliphatic carbocycles. The third kappa shape index (κ3) is 4.29. The molecule has 0 atom stereocenters. The SMILES string of the molecule is COc1ccc(N(C#N)C(=O)c2sccc2S(=O)(=O)Nc2onc(C)c2Cl)cc1OC.